The summed E-state index contributed by atoms with van der Waals surface area (Å²) in [5, 5.41) is 24.6. The van der Waals surface area contributed by atoms with Crippen molar-refractivity contribution in [2.45, 2.75) is 12.6 Å². The molecule has 12 heteroatoms. The molecule has 1 fully saturated rings. The second kappa shape index (κ2) is 9.71. The van der Waals surface area contributed by atoms with Gasteiger partial charge in [-0.05, 0) is 24.7 Å². The van der Waals surface area contributed by atoms with Gasteiger partial charge in [0.25, 0.3) is 5.91 Å². The number of anilines is 1. The fraction of sp³-hybridized carbons (Fsp3) is 0.333. The molecule has 1 saturated heterocycles. The highest BCUT2D eigenvalue weighted by molar-refractivity contribution is 5.93. The number of fused-ring (bicyclic) bond motifs is 1. The molecule has 36 heavy (non-hydrogen) atoms. The summed E-state index contributed by atoms with van der Waals surface area (Å²) >= 11 is 0. The van der Waals surface area contributed by atoms with E-state index < -0.39 is 6.67 Å². The van der Waals surface area contributed by atoms with Gasteiger partial charge < -0.3 is 19.7 Å². The van der Waals surface area contributed by atoms with Crippen LogP contribution in [0.5, 0.6) is 0 Å². The van der Waals surface area contributed by atoms with Crippen molar-refractivity contribution in [2.75, 3.05) is 38.3 Å². The lowest BCUT2D eigenvalue weighted by Crippen LogP contribution is -2.53. The number of benzene rings is 1. The Morgan fingerprint density at radius 2 is 2.03 bits per heavy atom. The van der Waals surface area contributed by atoms with E-state index in [0.29, 0.717) is 41.6 Å². The number of halogens is 1. The number of alkyl halides is 1. The van der Waals surface area contributed by atoms with Crippen LogP contribution in [0.3, 0.4) is 0 Å². The predicted octanol–water partition coefficient (Wildman–Crippen LogP) is 1.42. The van der Waals surface area contributed by atoms with Gasteiger partial charge in [-0.15, -0.1) is 10.2 Å². The largest absolute Gasteiger partial charge is 0.348 e. The summed E-state index contributed by atoms with van der Waals surface area (Å²) in [5.74, 6) is 0.779. The molecule has 4 aromatic rings. The molecule has 3 aromatic heterocycles. The molecule has 0 spiro atoms. The van der Waals surface area contributed by atoms with E-state index in [1.807, 2.05) is 19.0 Å². The number of rotatable bonds is 6. The fourth-order valence-corrected chi connectivity index (χ4v) is 4.32. The van der Waals surface area contributed by atoms with Crippen molar-refractivity contribution in [3.05, 3.63) is 59.5 Å². The van der Waals surface area contributed by atoms with Gasteiger partial charge in [-0.25, -0.2) is 9.37 Å². The topological polar surface area (TPSA) is 120 Å². The number of nitriles is 1. The Morgan fingerprint density at radius 1 is 1.22 bits per heavy atom. The molecular weight excluding hydrogens is 463 g/mol. The Kier molecular flexibility index (Phi) is 6.30. The van der Waals surface area contributed by atoms with E-state index >= 15 is 0 Å². The zero-order valence-electron chi connectivity index (χ0n) is 20.0. The zero-order chi connectivity index (χ0) is 25.2. The number of piperazine rings is 1. The highest BCUT2D eigenvalue weighted by Crippen LogP contribution is 2.25. The molecule has 1 N–H and O–H groups in total. The Hall–Kier alpha value is -4.37. The number of carbonyl (C=O) groups is 1. The number of amides is 1. The third-order valence-electron chi connectivity index (χ3n) is 6.28. The average molecular weight is 489 g/mol. The lowest BCUT2D eigenvalue weighted by atomic mass is 10.1. The Labute approximate surface area is 206 Å². The van der Waals surface area contributed by atoms with Gasteiger partial charge in [0.05, 0.1) is 17.7 Å². The van der Waals surface area contributed by atoms with Gasteiger partial charge in [-0.1, -0.05) is 12.1 Å². The van der Waals surface area contributed by atoms with Crippen molar-refractivity contribution in [1.82, 2.24) is 39.6 Å². The van der Waals surface area contributed by atoms with Crippen molar-refractivity contribution in [2.24, 2.45) is 7.05 Å². The molecule has 0 aliphatic carbocycles. The molecule has 1 amide bonds. The molecule has 0 radical (unpaired) electrons. The number of aromatic nitrogens is 6. The Bertz CT molecular complexity index is 1440. The minimum Gasteiger partial charge on any atom is -0.348 e. The van der Waals surface area contributed by atoms with E-state index in [0.717, 1.165) is 12.1 Å². The Balaban J connectivity index is 1.51. The number of nitrogens with zero attached hydrogens (tertiary/aromatic N) is 9. The van der Waals surface area contributed by atoms with Crippen LogP contribution in [0, 0.1) is 11.3 Å². The van der Waals surface area contributed by atoms with Gasteiger partial charge in [0.1, 0.15) is 30.2 Å². The molecular formula is C24H25FN10O. The normalized spacial score (nSPS) is 16.3. The third-order valence-corrected chi connectivity index (χ3v) is 6.28. The SMILES string of the molecule is CN1CCN(c2cc(C(=O)NCc3ccc(C#N)cc3)nc3cc(-c4nncn4C)nn23)[C@H](CF)C1. The monoisotopic (exact) mass is 488 g/mol. The summed E-state index contributed by atoms with van der Waals surface area (Å²) in [6.45, 7) is 1.62. The summed E-state index contributed by atoms with van der Waals surface area (Å²) in [6, 6.07) is 12.1. The quantitative estimate of drug-likeness (QED) is 0.433. The number of hydrogen-bond donors (Lipinski definition) is 1. The lowest BCUT2D eigenvalue weighted by molar-refractivity contribution is 0.0946. The maximum Gasteiger partial charge on any atom is 0.270 e. The summed E-state index contributed by atoms with van der Waals surface area (Å²) < 4.78 is 17.4. The number of nitrogens with one attached hydrogen (secondary N) is 1. The van der Waals surface area contributed by atoms with Crippen LogP contribution >= 0.6 is 0 Å². The van der Waals surface area contributed by atoms with Crippen LogP contribution in [0.25, 0.3) is 17.2 Å². The maximum absolute atomic E-state index is 14.1. The molecule has 1 aliphatic rings. The predicted molar refractivity (Wildman–Crippen MR) is 130 cm³/mol. The smallest absolute Gasteiger partial charge is 0.270 e. The first-order valence-electron chi connectivity index (χ1n) is 11.5. The lowest BCUT2D eigenvalue weighted by Gasteiger charge is -2.40. The maximum atomic E-state index is 14.1. The molecule has 4 heterocycles. The van der Waals surface area contributed by atoms with Crippen LogP contribution in [0.4, 0.5) is 10.2 Å². The van der Waals surface area contributed by atoms with Gasteiger partial charge in [-0.2, -0.15) is 14.9 Å². The highest BCUT2D eigenvalue weighted by atomic mass is 19.1. The summed E-state index contributed by atoms with van der Waals surface area (Å²) in [4.78, 5) is 21.7. The molecule has 5 rings (SSSR count). The summed E-state index contributed by atoms with van der Waals surface area (Å²) in [6.07, 6.45) is 1.58. The van der Waals surface area contributed by atoms with Gasteiger partial charge in [0.2, 0.25) is 0 Å². The molecule has 0 unspecified atom stereocenters. The van der Waals surface area contributed by atoms with Crippen LogP contribution in [-0.2, 0) is 13.6 Å². The molecule has 1 atom stereocenters. The Morgan fingerprint density at radius 3 is 2.72 bits per heavy atom. The molecule has 0 bridgehead atoms. The van der Waals surface area contributed by atoms with Crippen molar-refractivity contribution < 1.29 is 9.18 Å². The standard InChI is InChI=1S/C24H25FN10O/c1-32-7-8-34(18(11-25)14-32)22-10-20(24(36)27-13-17-5-3-16(12-26)4-6-17)29-21-9-19(31-35(21)22)23-30-28-15-33(23)2/h3-6,9-10,15,18H,7-8,11,13-14H2,1-2H3,(H,27,36)/t18-/m1/s1. The first kappa shape index (κ1) is 23.4. The minimum atomic E-state index is -0.536. The summed E-state index contributed by atoms with van der Waals surface area (Å²) in [7, 11) is 3.78. The van der Waals surface area contributed by atoms with E-state index in [4.69, 9.17) is 5.26 Å². The van der Waals surface area contributed by atoms with Crippen LogP contribution in [0.1, 0.15) is 21.6 Å². The number of aryl methyl sites for hydroxylation is 1. The summed E-state index contributed by atoms with van der Waals surface area (Å²) in [5.41, 5.74) is 2.60. The van der Waals surface area contributed by atoms with E-state index in [2.05, 4.69) is 36.6 Å². The van der Waals surface area contributed by atoms with Gasteiger partial charge in [0, 0.05) is 45.4 Å². The van der Waals surface area contributed by atoms with Crippen LogP contribution in [0.15, 0.2) is 42.7 Å². The van der Waals surface area contributed by atoms with Gasteiger partial charge >= 0.3 is 0 Å². The second-order valence-corrected chi connectivity index (χ2v) is 8.82. The van der Waals surface area contributed by atoms with Gasteiger partial charge in [0.15, 0.2) is 11.5 Å². The van der Waals surface area contributed by atoms with Crippen LogP contribution in [0.2, 0.25) is 0 Å². The van der Waals surface area contributed by atoms with Crippen LogP contribution < -0.4 is 10.2 Å². The number of carbonyl (C=O) groups excluding carboxylic acids is 1. The van der Waals surface area contributed by atoms with Crippen molar-refractivity contribution in [1.29, 1.82) is 5.26 Å². The number of hydrogen-bond acceptors (Lipinski definition) is 8. The highest BCUT2D eigenvalue weighted by Gasteiger charge is 2.29. The molecule has 184 valence electrons. The first-order valence-corrected chi connectivity index (χ1v) is 11.5. The van der Waals surface area contributed by atoms with Crippen molar-refractivity contribution >= 4 is 17.4 Å². The van der Waals surface area contributed by atoms with E-state index in [-0.39, 0.29) is 24.2 Å². The molecule has 0 saturated carbocycles. The fourth-order valence-electron chi connectivity index (χ4n) is 4.32. The van der Waals surface area contributed by atoms with E-state index in [1.54, 1.807) is 51.8 Å². The van der Waals surface area contributed by atoms with Gasteiger partial charge in [-0.3, -0.25) is 4.79 Å². The molecule has 11 nitrogen and oxygen atoms in total. The third kappa shape index (κ3) is 4.48. The van der Waals surface area contributed by atoms with Crippen molar-refractivity contribution in [3.8, 4) is 17.6 Å². The van der Waals surface area contributed by atoms with Crippen molar-refractivity contribution in [3.63, 3.8) is 0 Å². The zero-order valence-corrected chi connectivity index (χ0v) is 20.0. The number of likely N-dealkylation sites (N-methyl/N-ethyl adjacent to an activating group) is 1. The van der Waals surface area contributed by atoms with E-state index in [9.17, 15) is 9.18 Å². The van der Waals surface area contributed by atoms with Crippen LogP contribution in [-0.4, -0.2) is 79.6 Å². The second-order valence-electron chi connectivity index (χ2n) is 8.82. The first-order chi connectivity index (χ1) is 17.5. The molecule has 1 aliphatic heterocycles. The van der Waals surface area contributed by atoms with E-state index in [1.165, 1.54) is 0 Å². The molecule has 1 aromatic carbocycles. The minimum absolute atomic E-state index is 0.201. The average Bonchev–Trinajstić information content (AvgIpc) is 3.52.